The Hall–Kier alpha value is -2.22. The van der Waals surface area contributed by atoms with Crippen LogP contribution in [0, 0.1) is 25.6 Å². The molecule has 6 nitrogen and oxygen atoms in total. The molecular weight excluding hydrogens is 419 g/mol. The average Bonchev–Trinajstić information content (AvgIpc) is 2.73. The molecule has 0 radical (unpaired) electrons. The number of unbranched alkanes of at least 4 members (excludes halogenated alkanes) is 1. The first-order valence-corrected chi connectivity index (χ1v) is 10.9. The van der Waals surface area contributed by atoms with Gasteiger partial charge in [-0.1, -0.05) is 25.4 Å². The summed E-state index contributed by atoms with van der Waals surface area (Å²) in [6.45, 7) is 8.38. The summed E-state index contributed by atoms with van der Waals surface area (Å²) in [6, 6.07) is 6.58. The van der Waals surface area contributed by atoms with E-state index in [4.69, 9.17) is 16.8 Å². The number of hydrogen-bond acceptors (Lipinski definition) is 5. The second-order valence-electron chi connectivity index (χ2n) is 8.17. The maximum Gasteiger partial charge on any atom is 0.265 e. The van der Waals surface area contributed by atoms with Crippen LogP contribution in [0.15, 0.2) is 30.5 Å². The second-order valence-corrected chi connectivity index (χ2v) is 8.61. The van der Waals surface area contributed by atoms with Gasteiger partial charge in [0.2, 0.25) is 0 Å². The molecule has 1 heterocycles. The standard InChI is InChI=1S/C23H32ClFN4O2/c1-14(2)22(19-9-8-17(24)13-27-19)26-10-6-5-7-20(23(30)29-31)28-18-11-15(3)21(25)16(4)12-18/h8-9,11-14,20,22,26,28,31H,5-7,10H2,1-4H3,(H,29,30)/t20-,22-/m1/s1. The Morgan fingerprint density at radius 2 is 1.87 bits per heavy atom. The van der Waals surface area contributed by atoms with Gasteiger partial charge in [-0.15, -0.1) is 0 Å². The van der Waals surface area contributed by atoms with Crippen molar-refractivity contribution in [2.45, 2.75) is 59.0 Å². The molecule has 0 aliphatic heterocycles. The normalized spacial score (nSPS) is 13.2. The molecule has 2 aromatic rings. The van der Waals surface area contributed by atoms with Crippen molar-refractivity contribution in [2.75, 3.05) is 11.9 Å². The van der Waals surface area contributed by atoms with Gasteiger partial charge < -0.3 is 10.6 Å². The van der Waals surface area contributed by atoms with Gasteiger partial charge in [-0.25, -0.2) is 9.87 Å². The molecule has 0 saturated heterocycles. The Morgan fingerprint density at radius 3 is 2.42 bits per heavy atom. The molecular formula is C23H32ClFN4O2. The van der Waals surface area contributed by atoms with Crippen molar-refractivity contribution in [1.29, 1.82) is 0 Å². The Bertz CT molecular complexity index is 838. The molecule has 2 rings (SSSR count). The number of carbonyl (C=O) groups excluding carboxylic acids is 1. The topological polar surface area (TPSA) is 86.3 Å². The van der Waals surface area contributed by atoms with Gasteiger partial charge in [-0.2, -0.15) is 0 Å². The van der Waals surface area contributed by atoms with E-state index in [0.717, 1.165) is 25.1 Å². The van der Waals surface area contributed by atoms with Gasteiger partial charge in [0.15, 0.2) is 0 Å². The molecule has 1 aromatic carbocycles. The lowest BCUT2D eigenvalue weighted by atomic mass is 10.00. The highest BCUT2D eigenvalue weighted by molar-refractivity contribution is 6.30. The largest absolute Gasteiger partial charge is 0.374 e. The quantitative estimate of drug-likeness (QED) is 0.221. The zero-order valence-corrected chi connectivity index (χ0v) is 19.3. The number of aromatic nitrogens is 1. The molecule has 170 valence electrons. The minimum Gasteiger partial charge on any atom is -0.374 e. The fourth-order valence-electron chi connectivity index (χ4n) is 3.56. The van der Waals surface area contributed by atoms with Gasteiger partial charge in [-0.3, -0.25) is 15.0 Å². The van der Waals surface area contributed by atoms with Crippen molar-refractivity contribution >= 4 is 23.2 Å². The number of anilines is 1. The fraction of sp³-hybridized carbons (Fsp3) is 0.478. The highest BCUT2D eigenvalue weighted by Crippen LogP contribution is 2.22. The van der Waals surface area contributed by atoms with Crippen LogP contribution in [0.25, 0.3) is 0 Å². The van der Waals surface area contributed by atoms with E-state index in [2.05, 4.69) is 29.5 Å². The zero-order valence-electron chi connectivity index (χ0n) is 18.5. The predicted molar refractivity (Wildman–Crippen MR) is 122 cm³/mol. The number of hydrogen-bond donors (Lipinski definition) is 4. The summed E-state index contributed by atoms with van der Waals surface area (Å²) in [6.07, 6.45) is 3.77. The number of halogens is 2. The summed E-state index contributed by atoms with van der Waals surface area (Å²) in [4.78, 5) is 16.5. The molecule has 0 unspecified atom stereocenters. The number of benzene rings is 1. The van der Waals surface area contributed by atoms with E-state index >= 15 is 0 Å². The van der Waals surface area contributed by atoms with Crippen molar-refractivity contribution in [2.24, 2.45) is 5.92 Å². The third-order valence-corrected chi connectivity index (χ3v) is 5.45. The zero-order chi connectivity index (χ0) is 23.0. The first-order valence-electron chi connectivity index (χ1n) is 10.5. The van der Waals surface area contributed by atoms with Crippen LogP contribution in [0.2, 0.25) is 5.02 Å². The lowest BCUT2D eigenvalue weighted by Gasteiger charge is -2.22. The van der Waals surface area contributed by atoms with Gasteiger partial charge in [0.1, 0.15) is 11.9 Å². The highest BCUT2D eigenvalue weighted by atomic mass is 35.5. The van der Waals surface area contributed by atoms with E-state index in [9.17, 15) is 9.18 Å². The molecule has 0 fully saturated rings. The van der Waals surface area contributed by atoms with Crippen molar-refractivity contribution < 1.29 is 14.4 Å². The molecule has 1 amide bonds. The van der Waals surface area contributed by atoms with Crippen LogP contribution in [-0.4, -0.2) is 28.7 Å². The number of rotatable bonds is 11. The molecule has 8 heteroatoms. The average molecular weight is 451 g/mol. The molecule has 4 N–H and O–H groups in total. The Labute approximate surface area is 188 Å². The summed E-state index contributed by atoms with van der Waals surface area (Å²) >= 11 is 5.93. The molecule has 0 saturated carbocycles. The molecule has 0 aliphatic carbocycles. The molecule has 0 spiro atoms. The summed E-state index contributed by atoms with van der Waals surface area (Å²) in [5.41, 5.74) is 4.32. The highest BCUT2D eigenvalue weighted by Gasteiger charge is 2.19. The van der Waals surface area contributed by atoms with Crippen molar-refractivity contribution in [3.05, 3.63) is 58.1 Å². The van der Waals surface area contributed by atoms with Crippen LogP contribution in [-0.2, 0) is 4.79 Å². The lowest BCUT2D eigenvalue weighted by molar-refractivity contribution is -0.130. The van der Waals surface area contributed by atoms with Crippen molar-refractivity contribution in [3.8, 4) is 0 Å². The van der Waals surface area contributed by atoms with E-state index in [0.29, 0.717) is 34.2 Å². The number of carbonyl (C=O) groups is 1. The monoisotopic (exact) mass is 450 g/mol. The van der Waals surface area contributed by atoms with Crippen molar-refractivity contribution in [1.82, 2.24) is 15.8 Å². The van der Waals surface area contributed by atoms with Crippen LogP contribution in [0.4, 0.5) is 10.1 Å². The van der Waals surface area contributed by atoms with Crippen LogP contribution >= 0.6 is 11.6 Å². The summed E-state index contributed by atoms with van der Waals surface area (Å²) in [5.74, 6) is -0.416. The number of pyridine rings is 1. The third kappa shape index (κ3) is 7.45. The molecule has 31 heavy (non-hydrogen) atoms. The maximum absolute atomic E-state index is 13.9. The Kier molecular flexibility index (Phi) is 9.68. The first-order chi connectivity index (χ1) is 14.7. The number of amides is 1. The summed E-state index contributed by atoms with van der Waals surface area (Å²) < 4.78 is 13.9. The maximum atomic E-state index is 13.9. The van der Waals surface area contributed by atoms with E-state index in [1.54, 1.807) is 37.7 Å². The molecule has 0 aliphatic rings. The van der Waals surface area contributed by atoms with Gasteiger partial charge in [0.25, 0.3) is 5.91 Å². The summed E-state index contributed by atoms with van der Waals surface area (Å²) in [5, 5.41) is 16.3. The Morgan fingerprint density at radius 1 is 1.19 bits per heavy atom. The Balaban J connectivity index is 1.89. The van der Waals surface area contributed by atoms with Crippen LogP contribution in [0.3, 0.4) is 0 Å². The number of hydroxylamine groups is 1. The number of nitrogens with zero attached hydrogens (tertiary/aromatic N) is 1. The first kappa shape index (κ1) is 25.0. The van der Waals surface area contributed by atoms with Gasteiger partial charge in [-0.05, 0) is 81.0 Å². The molecule has 0 bridgehead atoms. The fourth-order valence-corrected chi connectivity index (χ4v) is 3.67. The van der Waals surface area contributed by atoms with E-state index in [1.165, 1.54) is 0 Å². The van der Waals surface area contributed by atoms with Crippen LogP contribution in [0.5, 0.6) is 0 Å². The molecule has 2 atom stereocenters. The van der Waals surface area contributed by atoms with Crippen LogP contribution in [0.1, 0.15) is 56.0 Å². The van der Waals surface area contributed by atoms with E-state index in [1.807, 2.05) is 12.1 Å². The predicted octanol–water partition coefficient (Wildman–Crippen LogP) is 4.93. The van der Waals surface area contributed by atoms with E-state index in [-0.39, 0.29) is 11.9 Å². The third-order valence-electron chi connectivity index (χ3n) is 5.22. The minimum atomic E-state index is -0.618. The van der Waals surface area contributed by atoms with Crippen molar-refractivity contribution in [3.63, 3.8) is 0 Å². The minimum absolute atomic E-state index is 0.108. The van der Waals surface area contributed by atoms with Crippen LogP contribution < -0.4 is 16.1 Å². The lowest BCUT2D eigenvalue weighted by Crippen LogP contribution is -2.38. The summed E-state index contributed by atoms with van der Waals surface area (Å²) in [7, 11) is 0. The second kappa shape index (κ2) is 12.0. The van der Waals surface area contributed by atoms with Gasteiger partial charge in [0.05, 0.1) is 16.8 Å². The SMILES string of the molecule is Cc1cc(N[C@H](CCCCN[C@@H](c2ccc(Cl)cn2)C(C)C)C(=O)NO)cc(C)c1F. The van der Waals surface area contributed by atoms with Gasteiger partial charge >= 0.3 is 0 Å². The smallest absolute Gasteiger partial charge is 0.265 e. The van der Waals surface area contributed by atoms with Gasteiger partial charge in [0, 0.05) is 11.9 Å². The number of nitrogens with one attached hydrogen (secondary N) is 3. The van der Waals surface area contributed by atoms with E-state index < -0.39 is 11.9 Å². The molecule has 1 aromatic heterocycles. The number of aryl methyl sites for hydroxylation is 2.